The van der Waals surface area contributed by atoms with Crippen LogP contribution in [0.2, 0.25) is 0 Å². The first kappa shape index (κ1) is 9.44. The Morgan fingerprint density at radius 1 is 1.50 bits per heavy atom. The molecule has 2 N–H and O–H groups in total. The molecule has 0 aromatic carbocycles. The molecule has 1 rings (SSSR count). The minimum absolute atomic E-state index is 0.280. The van der Waals surface area contributed by atoms with Crippen molar-refractivity contribution < 1.29 is 14.6 Å². The van der Waals surface area contributed by atoms with Gasteiger partial charge in [0.15, 0.2) is 6.79 Å². The summed E-state index contributed by atoms with van der Waals surface area (Å²) in [4.78, 5) is 12.9. The third kappa shape index (κ3) is 3.17. The molecule has 0 aliphatic carbocycles. The Labute approximate surface area is 71.3 Å². The molecular formula is C7H14N2O3. The predicted octanol–water partition coefficient (Wildman–Crippen LogP) is -1.62. The SMILES string of the molecule is O=C(CN1CCNCC1)OCO. The van der Waals surface area contributed by atoms with Gasteiger partial charge in [-0.3, -0.25) is 9.69 Å². The average Bonchev–Trinajstić information content (AvgIpc) is 2.06. The van der Waals surface area contributed by atoms with Crippen LogP contribution in [-0.4, -0.2) is 55.5 Å². The average molecular weight is 174 g/mol. The molecular weight excluding hydrogens is 160 g/mol. The van der Waals surface area contributed by atoms with E-state index in [0.29, 0.717) is 0 Å². The van der Waals surface area contributed by atoms with E-state index in [-0.39, 0.29) is 12.5 Å². The lowest BCUT2D eigenvalue weighted by Gasteiger charge is -2.25. The van der Waals surface area contributed by atoms with Gasteiger partial charge in [0.05, 0.1) is 6.54 Å². The van der Waals surface area contributed by atoms with Gasteiger partial charge in [0, 0.05) is 26.2 Å². The normalized spacial score (nSPS) is 19.1. The first-order valence-corrected chi connectivity index (χ1v) is 4.02. The fourth-order valence-corrected chi connectivity index (χ4v) is 1.17. The van der Waals surface area contributed by atoms with Crippen LogP contribution in [0.5, 0.6) is 0 Å². The van der Waals surface area contributed by atoms with Crippen molar-refractivity contribution in [1.82, 2.24) is 10.2 Å². The third-order valence-corrected chi connectivity index (χ3v) is 1.79. The highest BCUT2D eigenvalue weighted by molar-refractivity contribution is 5.71. The van der Waals surface area contributed by atoms with E-state index in [1.807, 2.05) is 4.90 Å². The van der Waals surface area contributed by atoms with Crippen molar-refractivity contribution in [3.63, 3.8) is 0 Å². The van der Waals surface area contributed by atoms with Gasteiger partial charge in [-0.15, -0.1) is 0 Å². The van der Waals surface area contributed by atoms with Gasteiger partial charge < -0.3 is 15.2 Å². The van der Waals surface area contributed by atoms with E-state index in [4.69, 9.17) is 5.11 Å². The molecule has 0 bridgehead atoms. The number of piperazine rings is 1. The molecule has 1 saturated heterocycles. The molecule has 0 atom stereocenters. The van der Waals surface area contributed by atoms with E-state index in [1.165, 1.54) is 0 Å². The molecule has 0 spiro atoms. The van der Waals surface area contributed by atoms with Crippen molar-refractivity contribution in [3.05, 3.63) is 0 Å². The molecule has 1 aliphatic rings. The topological polar surface area (TPSA) is 61.8 Å². The van der Waals surface area contributed by atoms with Crippen LogP contribution >= 0.6 is 0 Å². The highest BCUT2D eigenvalue weighted by Crippen LogP contribution is 1.92. The lowest BCUT2D eigenvalue weighted by molar-refractivity contribution is -0.153. The zero-order valence-electron chi connectivity index (χ0n) is 6.95. The molecule has 5 heteroatoms. The lowest BCUT2D eigenvalue weighted by atomic mass is 10.3. The molecule has 0 aromatic heterocycles. The summed E-state index contributed by atoms with van der Waals surface area (Å²) in [6, 6.07) is 0. The van der Waals surface area contributed by atoms with Gasteiger partial charge in [0.25, 0.3) is 0 Å². The highest BCUT2D eigenvalue weighted by atomic mass is 16.6. The van der Waals surface area contributed by atoms with Crippen LogP contribution in [0.1, 0.15) is 0 Å². The highest BCUT2D eigenvalue weighted by Gasteiger charge is 2.13. The van der Waals surface area contributed by atoms with Crippen molar-refractivity contribution in [3.8, 4) is 0 Å². The number of hydrogen-bond donors (Lipinski definition) is 2. The zero-order valence-corrected chi connectivity index (χ0v) is 6.95. The number of hydrogen-bond acceptors (Lipinski definition) is 5. The molecule has 1 heterocycles. The number of ether oxygens (including phenoxy) is 1. The largest absolute Gasteiger partial charge is 0.438 e. The number of rotatable bonds is 3. The molecule has 0 unspecified atom stereocenters. The van der Waals surface area contributed by atoms with Crippen LogP contribution in [0, 0.1) is 0 Å². The van der Waals surface area contributed by atoms with Crippen LogP contribution in [0.25, 0.3) is 0 Å². The molecule has 0 amide bonds. The van der Waals surface area contributed by atoms with E-state index in [0.717, 1.165) is 26.2 Å². The number of carbonyl (C=O) groups excluding carboxylic acids is 1. The number of aliphatic hydroxyl groups is 1. The molecule has 1 fully saturated rings. The van der Waals surface area contributed by atoms with E-state index in [1.54, 1.807) is 0 Å². The molecule has 70 valence electrons. The van der Waals surface area contributed by atoms with Crippen molar-refractivity contribution in [2.75, 3.05) is 39.5 Å². The molecule has 1 aliphatic heterocycles. The Balaban J connectivity index is 2.15. The predicted molar refractivity (Wildman–Crippen MR) is 42.5 cm³/mol. The van der Waals surface area contributed by atoms with Crippen molar-refractivity contribution >= 4 is 5.97 Å². The van der Waals surface area contributed by atoms with E-state index < -0.39 is 6.79 Å². The standard InChI is InChI=1S/C7H14N2O3/c10-6-12-7(11)5-9-3-1-8-2-4-9/h8,10H,1-6H2. The van der Waals surface area contributed by atoms with Crippen molar-refractivity contribution in [1.29, 1.82) is 0 Å². The summed E-state index contributed by atoms with van der Waals surface area (Å²) in [6.45, 7) is 3.30. The van der Waals surface area contributed by atoms with Crippen LogP contribution in [-0.2, 0) is 9.53 Å². The summed E-state index contributed by atoms with van der Waals surface area (Å²) in [5.74, 6) is -0.362. The van der Waals surface area contributed by atoms with Gasteiger partial charge in [0.2, 0.25) is 0 Å². The second-order valence-corrected chi connectivity index (χ2v) is 2.67. The molecule has 0 saturated carbocycles. The number of nitrogens with zero attached hydrogens (tertiary/aromatic N) is 1. The summed E-state index contributed by atoms with van der Waals surface area (Å²) >= 11 is 0. The van der Waals surface area contributed by atoms with Crippen molar-refractivity contribution in [2.24, 2.45) is 0 Å². The van der Waals surface area contributed by atoms with E-state index in [2.05, 4.69) is 10.1 Å². The van der Waals surface area contributed by atoms with E-state index in [9.17, 15) is 4.79 Å². The van der Waals surface area contributed by atoms with Crippen LogP contribution in [0.15, 0.2) is 0 Å². The maximum Gasteiger partial charge on any atom is 0.322 e. The first-order chi connectivity index (χ1) is 5.83. The smallest absolute Gasteiger partial charge is 0.322 e. The number of carbonyl (C=O) groups is 1. The van der Waals surface area contributed by atoms with Gasteiger partial charge in [-0.25, -0.2) is 0 Å². The number of nitrogens with one attached hydrogen (secondary N) is 1. The lowest BCUT2D eigenvalue weighted by Crippen LogP contribution is -2.45. The Morgan fingerprint density at radius 2 is 2.17 bits per heavy atom. The molecule has 0 aromatic rings. The Hall–Kier alpha value is -0.650. The zero-order chi connectivity index (χ0) is 8.81. The van der Waals surface area contributed by atoms with Gasteiger partial charge in [-0.2, -0.15) is 0 Å². The summed E-state index contributed by atoms with van der Waals surface area (Å²) < 4.78 is 4.40. The van der Waals surface area contributed by atoms with Gasteiger partial charge in [-0.1, -0.05) is 0 Å². The van der Waals surface area contributed by atoms with Crippen LogP contribution in [0.4, 0.5) is 0 Å². The van der Waals surface area contributed by atoms with Crippen LogP contribution in [0.3, 0.4) is 0 Å². The Bertz CT molecular complexity index is 146. The monoisotopic (exact) mass is 174 g/mol. The molecule has 0 radical (unpaired) electrons. The van der Waals surface area contributed by atoms with Crippen LogP contribution < -0.4 is 5.32 Å². The summed E-state index contributed by atoms with van der Waals surface area (Å²) in [6.07, 6.45) is 0. The van der Waals surface area contributed by atoms with Gasteiger partial charge in [0.1, 0.15) is 0 Å². The maximum atomic E-state index is 10.9. The number of esters is 1. The summed E-state index contributed by atoms with van der Waals surface area (Å²) in [7, 11) is 0. The fraction of sp³-hybridized carbons (Fsp3) is 0.857. The second kappa shape index (κ2) is 5.08. The minimum atomic E-state index is -0.523. The fourth-order valence-electron chi connectivity index (χ4n) is 1.17. The quantitative estimate of drug-likeness (QED) is 0.398. The van der Waals surface area contributed by atoms with Gasteiger partial charge >= 0.3 is 5.97 Å². The first-order valence-electron chi connectivity index (χ1n) is 4.02. The van der Waals surface area contributed by atoms with E-state index >= 15 is 0 Å². The number of aliphatic hydroxyl groups excluding tert-OH is 1. The Morgan fingerprint density at radius 3 is 2.75 bits per heavy atom. The van der Waals surface area contributed by atoms with Crippen molar-refractivity contribution in [2.45, 2.75) is 0 Å². The summed E-state index contributed by atoms with van der Waals surface area (Å²) in [5.41, 5.74) is 0. The Kier molecular flexibility index (Phi) is 3.99. The molecule has 12 heavy (non-hydrogen) atoms. The third-order valence-electron chi connectivity index (χ3n) is 1.79. The minimum Gasteiger partial charge on any atom is -0.438 e. The second-order valence-electron chi connectivity index (χ2n) is 2.67. The van der Waals surface area contributed by atoms with Gasteiger partial charge in [-0.05, 0) is 0 Å². The maximum absolute atomic E-state index is 10.9. The summed E-state index contributed by atoms with van der Waals surface area (Å²) in [5, 5.41) is 11.5. The molecule has 5 nitrogen and oxygen atoms in total.